The number of nitrogens with one attached hydrogen (secondary N) is 1. The van der Waals surface area contributed by atoms with Gasteiger partial charge in [0.25, 0.3) is 0 Å². The van der Waals surface area contributed by atoms with Crippen LogP contribution in [-0.2, 0) is 4.74 Å². The van der Waals surface area contributed by atoms with Gasteiger partial charge in [-0.1, -0.05) is 41.9 Å². The van der Waals surface area contributed by atoms with Crippen LogP contribution in [0.3, 0.4) is 0 Å². The van der Waals surface area contributed by atoms with Crippen molar-refractivity contribution < 1.29 is 9.53 Å². The van der Waals surface area contributed by atoms with E-state index in [0.29, 0.717) is 29.4 Å². The lowest BCUT2D eigenvalue weighted by Crippen LogP contribution is -2.35. The predicted molar refractivity (Wildman–Crippen MR) is 95.9 cm³/mol. The van der Waals surface area contributed by atoms with Crippen LogP contribution in [0, 0.1) is 5.92 Å². The molecule has 0 radical (unpaired) electrons. The van der Waals surface area contributed by atoms with Gasteiger partial charge in [-0.3, -0.25) is 4.90 Å². The summed E-state index contributed by atoms with van der Waals surface area (Å²) in [5, 5.41) is 3.55. The van der Waals surface area contributed by atoms with Crippen molar-refractivity contribution in [1.82, 2.24) is 9.97 Å². The van der Waals surface area contributed by atoms with E-state index in [4.69, 9.17) is 16.3 Å². The Balaban J connectivity index is 1.59. The summed E-state index contributed by atoms with van der Waals surface area (Å²) in [5.74, 6) is 1.37. The summed E-state index contributed by atoms with van der Waals surface area (Å²) in [6, 6.07) is 11.7. The summed E-state index contributed by atoms with van der Waals surface area (Å²) in [4.78, 5) is 22.5. The van der Waals surface area contributed by atoms with Gasteiger partial charge < -0.3 is 10.1 Å². The molecule has 7 heteroatoms. The summed E-state index contributed by atoms with van der Waals surface area (Å²) in [6.45, 7) is 2.44. The Labute approximate surface area is 151 Å². The van der Waals surface area contributed by atoms with E-state index < -0.39 is 0 Å². The normalized spacial score (nSPS) is 21.1. The molecule has 2 aliphatic rings. The van der Waals surface area contributed by atoms with Gasteiger partial charge >= 0.3 is 6.09 Å². The van der Waals surface area contributed by atoms with Gasteiger partial charge in [-0.2, -0.15) is 4.98 Å². The quantitative estimate of drug-likeness (QED) is 0.817. The number of hydrogen-bond acceptors (Lipinski definition) is 5. The van der Waals surface area contributed by atoms with Crippen molar-refractivity contribution in [2.45, 2.75) is 31.8 Å². The molecule has 1 aromatic carbocycles. The van der Waals surface area contributed by atoms with Gasteiger partial charge in [0.05, 0.1) is 12.1 Å². The highest BCUT2D eigenvalue weighted by Crippen LogP contribution is 2.40. The van der Waals surface area contributed by atoms with E-state index in [1.165, 1.54) is 0 Å². The van der Waals surface area contributed by atoms with Crippen LogP contribution >= 0.6 is 11.6 Å². The van der Waals surface area contributed by atoms with Gasteiger partial charge in [-0.05, 0) is 31.2 Å². The van der Waals surface area contributed by atoms with Crippen molar-refractivity contribution in [1.29, 1.82) is 0 Å². The van der Waals surface area contributed by atoms with E-state index in [9.17, 15) is 4.79 Å². The largest absolute Gasteiger partial charge is 0.447 e. The minimum Gasteiger partial charge on any atom is -0.447 e. The highest BCUT2D eigenvalue weighted by molar-refractivity contribution is 6.29. The van der Waals surface area contributed by atoms with E-state index in [1.54, 1.807) is 11.0 Å². The van der Waals surface area contributed by atoms with E-state index in [0.717, 1.165) is 18.4 Å². The number of cyclic esters (lactones) is 1. The van der Waals surface area contributed by atoms with Crippen molar-refractivity contribution >= 4 is 29.5 Å². The molecular formula is C18H19ClN4O2. The fourth-order valence-electron chi connectivity index (χ4n) is 3.14. The maximum atomic E-state index is 12.2. The maximum Gasteiger partial charge on any atom is 0.415 e. The number of rotatable bonds is 5. The summed E-state index contributed by atoms with van der Waals surface area (Å²) >= 11 is 6.18. The molecule has 2 aromatic rings. The second kappa shape index (κ2) is 6.52. The van der Waals surface area contributed by atoms with Gasteiger partial charge in [0.2, 0.25) is 5.95 Å². The zero-order chi connectivity index (χ0) is 17.4. The molecule has 25 heavy (non-hydrogen) atoms. The minimum atomic E-state index is -0.367. The number of hydrogen-bond donors (Lipinski definition) is 1. The van der Waals surface area contributed by atoms with Crippen LogP contribution in [0.2, 0.25) is 5.15 Å². The van der Waals surface area contributed by atoms with Crippen molar-refractivity contribution in [2.75, 3.05) is 16.8 Å². The Morgan fingerprint density at radius 3 is 2.76 bits per heavy atom. The SMILES string of the molecule is C[C@H](Nc1nc(Cl)cc(N2C(=O)OC[C@@H]2C2CC2)n1)c1ccccc1. The standard InChI is InChI=1S/C18H19ClN4O2/c1-11(12-5-3-2-4-6-12)20-17-21-15(19)9-16(22-17)23-14(13-7-8-13)10-25-18(23)24/h2-6,9,11,13-14H,7-8,10H2,1H3,(H,20,21,22)/t11-,14+/m0/s1. The highest BCUT2D eigenvalue weighted by Gasteiger charge is 2.44. The third-order valence-corrected chi connectivity index (χ3v) is 4.84. The smallest absolute Gasteiger partial charge is 0.415 e. The number of ether oxygens (including phenoxy) is 1. The molecule has 1 N–H and O–H groups in total. The van der Waals surface area contributed by atoms with Crippen molar-refractivity contribution in [3.63, 3.8) is 0 Å². The summed E-state index contributed by atoms with van der Waals surface area (Å²) in [6.07, 6.45) is 1.87. The van der Waals surface area contributed by atoms with Crippen LogP contribution in [0.4, 0.5) is 16.6 Å². The molecular weight excluding hydrogens is 340 g/mol. The Kier molecular flexibility index (Phi) is 4.21. The van der Waals surface area contributed by atoms with Crippen LogP contribution < -0.4 is 10.2 Å². The lowest BCUT2D eigenvalue weighted by molar-refractivity contribution is 0.178. The molecule has 4 rings (SSSR count). The third kappa shape index (κ3) is 3.39. The maximum absolute atomic E-state index is 12.2. The van der Waals surface area contributed by atoms with E-state index >= 15 is 0 Å². The predicted octanol–water partition coefficient (Wildman–Crippen LogP) is 4.04. The third-order valence-electron chi connectivity index (χ3n) is 4.65. The first-order chi connectivity index (χ1) is 12.1. The van der Waals surface area contributed by atoms with Crippen molar-refractivity contribution in [3.05, 3.63) is 47.1 Å². The fourth-order valence-corrected chi connectivity index (χ4v) is 3.32. The van der Waals surface area contributed by atoms with Crippen LogP contribution in [0.1, 0.15) is 31.4 Å². The minimum absolute atomic E-state index is 0.0114. The lowest BCUT2D eigenvalue weighted by atomic mass is 10.1. The summed E-state index contributed by atoms with van der Waals surface area (Å²) in [7, 11) is 0. The molecule has 0 bridgehead atoms. The molecule has 1 aliphatic carbocycles. The summed E-state index contributed by atoms with van der Waals surface area (Å²) in [5.41, 5.74) is 1.11. The highest BCUT2D eigenvalue weighted by atomic mass is 35.5. The number of nitrogens with zero attached hydrogens (tertiary/aromatic N) is 3. The zero-order valence-corrected chi connectivity index (χ0v) is 14.6. The Morgan fingerprint density at radius 1 is 1.28 bits per heavy atom. The molecule has 1 saturated heterocycles. The molecule has 130 valence electrons. The molecule has 1 saturated carbocycles. The molecule has 0 unspecified atom stereocenters. The zero-order valence-electron chi connectivity index (χ0n) is 13.9. The van der Waals surface area contributed by atoms with Crippen LogP contribution in [0.5, 0.6) is 0 Å². The number of carbonyl (C=O) groups excluding carboxylic acids is 1. The second-order valence-corrected chi connectivity index (χ2v) is 6.89. The molecule has 1 amide bonds. The van der Waals surface area contributed by atoms with Crippen LogP contribution in [-0.4, -0.2) is 28.7 Å². The topological polar surface area (TPSA) is 67.4 Å². The number of aromatic nitrogens is 2. The average Bonchev–Trinajstić information content (AvgIpc) is 3.37. The molecule has 2 atom stereocenters. The molecule has 6 nitrogen and oxygen atoms in total. The monoisotopic (exact) mass is 358 g/mol. The first-order valence-electron chi connectivity index (χ1n) is 8.44. The number of halogens is 1. The van der Waals surface area contributed by atoms with Gasteiger partial charge in [-0.25, -0.2) is 9.78 Å². The van der Waals surface area contributed by atoms with E-state index in [1.807, 2.05) is 37.3 Å². The average molecular weight is 359 g/mol. The van der Waals surface area contributed by atoms with Gasteiger partial charge in [0.15, 0.2) is 0 Å². The number of anilines is 2. The molecule has 1 aromatic heterocycles. The molecule has 1 aliphatic heterocycles. The Bertz CT molecular complexity index is 782. The number of carbonyl (C=O) groups is 1. The van der Waals surface area contributed by atoms with Crippen molar-refractivity contribution in [3.8, 4) is 0 Å². The Morgan fingerprint density at radius 2 is 2.04 bits per heavy atom. The summed E-state index contributed by atoms with van der Waals surface area (Å²) < 4.78 is 5.23. The van der Waals surface area contributed by atoms with Crippen molar-refractivity contribution in [2.24, 2.45) is 5.92 Å². The van der Waals surface area contributed by atoms with Crippen LogP contribution in [0.15, 0.2) is 36.4 Å². The first kappa shape index (κ1) is 16.1. The van der Waals surface area contributed by atoms with E-state index in [2.05, 4.69) is 15.3 Å². The molecule has 2 heterocycles. The fraction of sp³-hybridized carbons (Fsp3) is 0.389. The second-order valence-electron chi connectivity index (χ2n) is 6.50. The van der Waals surface area contributed by atoms with Crippen LogP contribution in [0.25, 0.3) is 0 Å². The molecule has 2 fully saturated rings. The number of benzene rings is 1. The number of amides is 1. The molecule has 0 spiro atoms. The lowest BCUT2D eigenvalue weighted by Gasteiger charge is -2.21. The van der Waals surface area contributed by atoms with Gasteiger partial charge in [0, 0.05) is 6.07 Å². The van der Waals surface area contributed by atoms with E-state index in [-0.39, 0.29) is 18.2 Å². The van der Waals surface area contributed by atoms with Gasteiger partial charge in [-0.15, -0.1) is 0 Å². The van der Waals surface area contributed by atoms with Gasteiger partial charge in [0.1, 0.15) is 17.6 Å². The first-order valence-corrected chi connectivity index (χ1v) is 8.81. The Hall–Kier alpha value is -2.34.